The van der Waals surface area contributed by atoms with E-state index in [1.165, 1.54) is 0 Å². The summed E-state index contributed by atoms with van der Waals surface area (Å²) in [6, 6.07) is 9.32. The highest BCUT2D eigenvalue weighted by atomic mass is 19.1. The molecule has 0 bridgehead atoms. The minimum absolute atomic E-state index is 0.227. The molecule has 0 radical (unpaired) electrons. The summed E-state index contributed by atoms with van der Waals surface area (Å²) in [6.45, 7) is 6.18. The van der Waals surface area contributed by atoms with E-state index in [9.17, 15) is 9.50 Å². The average molecular weight is 388 g/mol. The van der Waals surface area contributed by atoms with Crippen LogP contribution in [0.1, 0.15) is 25.3 Å². The summed E-state index contributed by atoms with van der Waals surface area (Å²) in [5.74, 6) is 0.499. The Balaban J connectivity index is 1.56. The summed E-state index contributed by atoms with van der Waals surface area (Å²) < 4.78 is 16.7. The number of benzene rings is 1. The van der Waals surface area contributed by atoms with E-state index < -0.39 is 0 Å². The molecule has 3 N–H and O–H groups in total. The molecule has 0 spiro atoms. The van der Waals surface area contributed by atoms with Crippen LogP contribution < -0.4 is 15.5 Å². The third-order valence-corrected chi connectivity index (χ3v) is 4.91. The lowest BCUT2D eigenvalue weighted by atomic mass is 10.1. The third-order valence-electron chi connectivity index (χ3n) is 4.91. The van der Waals surface area contributed by atoms with Gasteiger partial charge in [0.15, 0.2) is 5.96 Å². The van der Waals surface area contributed by atoms with Crippen molar-refractivity contribution in [1.29, 1.82) is 0 Å². The molecule has 28 heavy (non-hydrogen) atoms. The minimum atomic E-state index is -0.262. The Morgan fingerprint density at radius 1 is 1.21 bits per heavy atom. The number of hydrogen-bond acceptors (Lipinski definition) is 3. The highest BCUT2D eigenvalue weighted by molar-refractivity contribution is 5.79. The van der Waals surface area contributed by atoms with Crippen LogP contribution in [-0.2, 0) is 13.1 Å². The first-order valence-electron chi connectivity index (χ1n) is 10.00. The fraction of sp³-hybridized carbons (Fsp3) is 0.476. The van der Waals surface area contributed by atoms with Crippen molar-refractivity contribution in [3.05, 3.63) is 54.1 Å². The summed E-state index contributed by atoms with van der Waals surface area (Å²) in [7, 11) is 0. The summed E-state index contributed by atoms with van der Waals surface area (Å²) in [4.78, 5) is 6.57. The van der Waals surface area contributed by atoms with E-state index >= 15 is 0 Å². The van der Waals surface area contributed by atoms with Gasteiger partial charge in [-0.2, -0.15) is 0 Å². The maximum absolute atomic E-state index is 14.6. The van der Waals surface area contributed by atoms with Crippen LogP contribution in [-0.4, -0.2) is 47.9 Å². The summed E-state index contributed by atoms with van der Waals surface area (Å²) in [6.07, 6.45) is 5.17. The SMILES string of the molecule is CCNC(=NCc1ccc(N2CCC(O)CC2)c(F)c1)NCCn1cccc1. The van der Waals surface area contributed by atoms with E-state index in [4.69, 9.17) is 0 Å². The lowest BCUT2D eigenvalue weighted by molar-refractivity contribution is 0.145. The third kappa shape index (κ3) is 5.73. The van der Waals surface area contributed by atoms with E-state index in [0.717, 1.165) is 31.2 Å². The van der Waals surface area contributed by atoms with Crippen molar-refractivity contribution in [1.82, 2.24) is 15.2 Å². The van der Waals surface area contributed by atoms with Crippen LogP contribution in [0.15, 0.2) is 47.7 Å². The molecule has 2 aromatic rings. The molecule has 0 unspecified atom stereocenters. The van der Waals surface area contributed by atoms with Crippen molar-refractivity contribution in [2.24, 2.45) is 4.99 Å². The quantitative estimate of drug-likeness (QED) is 0.504. The van der Waals surface area contributed by atoms with E-state index in [1.807, 2.05) is 48.5 Å². The first kappa shape index (κ1) is 20.2. The van der Waals surface area contributed by atoms with E-state index in [0.29, 0.717) is 38.2 Å². The first-order chi connectivity index (χ1) is 13.7. The van der Waals surface area contributed by atoms with Gasteiger partial charge in [-0.3, -0.25) is 0 Å². The predicted molar refractivity (Wildman–Crippen MR) is 111 cm³/mol. The molecule has 0 amide bonds. The monoisotopic (exact) mass is 387 g/mol. The molecule has 152 valence electrons. The molecule has 1 aliphatic heterocycles. The van der Waals surface area contributed by atoms with Crippen LogP contribution in [0.2, 0.25) is 0 Å². The summed E-state index contributed by atoms with van der Waals surface area (Å²) in [5, 5.41) is 16.1. The number of nitrogens with one attached hydrogen (secondary N) is 2. The number of aliphatic hydroxyl groups excluding tert-OH is 1. The molecular weight excluding hydrogens is 357 g/mol. The number of halogens is 1. The van der Waals surface area contributed by atoms with Crippen LogP contribution in [0, 0.1) is 5.82 Å². The largest absolute Gasteiger partial charge is 0.393 e. The van der Waals surface area contributed by atoms with Gasteiger partial charge in [0.1, 0.15) is 5.82 Å². The number of aromatic nitrogens is 1. The highest BCUT2D eigenvalue weighted by Gasteiger charge is 2.19. The molecule has 1 aromatic heterocycles. The molecule has 0 saturated carbocycles. The van der Waals surface area contributed by atoms with Crippen molar-refractivity contribution in [2.45, 2.75) is 39.0 Å². The molecule has 1 saturated heterocycles. The number of anilines is 1. The first-order valence-corrected chi connectivity index (χ1v) is 10.00. The normalized spacial score (nSPS) is 15.7. The second kappa shape index (κ2) is 10.1. The smallest absolute Gasteiger partial charge is 0.191 e. The van der Waals surface area contributed by atoms with Gasteiger partial charge in [-0.05, 0) is 49.6 Å². The van der Waals surface area contributed by atoms with Gasteiger partial charge in [-0.25, -0.2) is 9.38 Å². The Kier molecular flexibility index (Phi) is 7.31. The van der Waals surface area contributed by atoms with Gasteiger partial charge in [-0.1, -0.05) is 6.07 Å². The number of guanidine groups is 1. The lowest BCUT2D eigenvalue weighted by Gasteiger charge is -2.31. The molecule has 3 rings (SSSR count). The number of hydrogen-bond donors (Lipinski definition) is 3. The van der Waals surface area contributed by atoms with Crippen molar-refractivity contribution in [3.8, 4) is 0 Å². The maximum Gasteiger partial charge on any atom is 0.191 e. The van der Waals surface area contributed by atoms with Crippen LogP contribution >= 0.6 is 0 Å². The maximum atomic E-state index is 14.6. The molecule has 0 aliphatic carbocycles. The molecular formula is C21H30FN5O. The van der Waals surface area contributed by atoms with E-state index in [1.54, 1.807) is 6.07 Å². The average Bonchev–Trinajstić information content (AvgIpc) is 3.20. The second-order valence-electron chi connectivity index (χ2n) is 7.05. The van der Waals surface area contributed by atoms with E-state index in [2.05, 4.69) is 20.2 Å². The van der Waals surface area contributed by atoms with Crippen molar-refractivity contribution < 1.29 is 9.50 Å². The van der Waals surface area contributed by atoms with Gasteiger partial charge in [0.25, 0.3) is 0 Å². The second-order valence-corrected chi connectivity index (χ2v) is 7.05. The fourth-order valence-corrected chi connectivity index (χ4v) is 3.35. The molecule has 0 atom stereocenters. The zero-order valence-electron chi connectivity index (χ0n) is 16.4. The molecule has 2 heterocycles. The molecule has 1 fully saturated rings. The molecule has 6 nitrogen and oxygen atoms in total. The lowest BCUT2D eigenvalue weighted by Crippen LogP contribution is -2.38. The molecule has 1 aromatic carbocycles. The Morgan fingerprint density at radius 2 is 1.96 bits per heavy atom. The standard InChI is InChI=1S/C21H30FN5O/c1-2-23-21(24-9-14-26-10-3-4-11-26)25-16-17-5-6-20(19(22)15-17)27-12-7-18(28)8-13-27/h3-6,10-11,15,18,28H,2,7-9,12-14,16H2,1H3,(H2,23,24,25). The number of aliphatic hydroxyl groups is 1. The van der Waals surface area contributed by atoms with Crippen LogP contribution in [0.4, 0.5) is 10.1 Å². The zero-order chi connectivity index (χ0) is 19.8. The van der Waals surface area contributed by atoms with Crippen molar-refractivity contribution >= 4 is 11.6 Å². The number of aliphatic imine (C=N–C) groups is 1. The topological polar surface area (TPSA) is 64.8 Å². The van der Waals surface area contributed by atoms with Crippen molar-refractivity contribution in [2.75, 3.05) is 31.1 Å². The number of piperidine rings is 1. The van der Waals surface area contributed by atoms with Gasteiger partial charge in [0, 0.05) is 45.1 Å². The minimum Gasteiger partial charge on any atom is -0.393 e. The highest BCUT2D eigenvalue weighted by Crippen LogP contribution is 2.24. The van der Waals surface area contributed by atoms with E-state index in [-0.39, 0.29) is 11.9 Å². The van der Waals surface area contributed by atoms with Gasteiger partial charge in [0.05, 0.1) is 18.3 Å². The summed E-state index contributed by atoms with van der Waals surface area (Å²) in [5.41, 5.74) is 1.44. The Hall–Kier alpha value is -2.54. The predicted octanol–water partition coefficient (Wildman–Crippen LogP) is 2.34. The van der Waals surface area contributed by atoms with Gasteiger partial charge < -0.3 is 25.2 Å². The Labute approximate surface area is 166 Å². The molecule has 1 aliphatic rings. The van der Waals surface area contributed by atoms with Crippen LogP contribution in [0.5, 0.6) is 0 Å². The number of nitrogens with zero attached hydrogens (tertiary/aromatic N) is 3. The van der Waals surface area contributed by atoms with Gasteiger partial charge >= 0.3 is 0 Å². The summed E-state index contributed by atoms with van der Waals surface area (Å²) >= 11 is 0. The fourth-order valence-electron chi connectivity index (χ4n) is 3.35. The van der Waals surface area contributed by atoms with Gasteiger partial charge in [0.2, 0.25) is 0 Å². The number of rotatable bonds is 7. The Morgan fingerprint density at radius 3 is 2.64 bits per heavy atom. The van der Waals surface area contributed by atoms with Crippen LogP contribution in [0.3, 0.4) is 0 Å². The zero-order valence-corrected chi connectivity index (χ0v) is 16.4. The van der Waals surface area contributed by atoms with Gasteiger partial charge in [-0.15, -0.1) is 0 Å². The van der Waals surface area contributed by atoms with Crippen molar-refractivity contribution in [3.63, 3.8) is 0 Å². The Bertz CT molecular complexity index is 754. The molecule has 7 heteroatoms. The van der Waals surface area contributed by atoms with Crippen LogP contribution in [0.25, 0.3) is 0 Å².